The highest BCUT2D eigenvalue weighted by Gasteiger charge is 2.21. The molecule has 0 saturated carbocycles. The largest absolute Gasteiger partial charge is 0.321 e. The minimum atomic E-state index is -0.634. The normalized spacial score (nSPS) is 11.9. The van der Waals surface area contributed by atoms with E-state index in [0.29, 0.717) is 22.8 Å². The van der Waals surface area contributed by atoms with Gasteiger partial charge in [0.25, 0.3) is 11.8 Å². The van der Waals surface area contributed by atoms with Crippen molar-refractivity contribution in [3.05, 3.63) is 149 Å². The maximum Gasteiger partial charge on any atom is 0.272 e. The van der Waals surface area contributed by atoms with E-state index in [4.69, 9.17) is 0 Å². The number of fused-ring (bicyclic) bond motifs is 1. The monoisotopic (exact) mass is 686 g/mol. The molecule has 0 aliphatic carbocycles. The number of thiazole rings is 1. The van der Waals surface area contributed by atoms with Gasteiger partial charge in [0.05, 0.1) is 10.9 Å². The fourth-order valence-electron chi connectivity index (χ4n) is 5.02. The molecule has 0 saturated heterocycles. The quantitative estimate of drug-likeness (QED) is 0.0933. The molecule has 0 aliphatic rings. The molecule has 0 spiro atoms. The minimum absolute atomic E-state index is 0.130. The molecule has 3 amide bonds. The zero-order chi connectivity index (χ0) is 34.2. The van der Waals surface area contributed by atoms with Gasteiger partial charge in [0.1, 0.15) is 11.5 Å². The number of hydrogen-bond acceptors (Lipinski definition) is 6. The van der Waals surface area contributed by atoms with Crippen molar-refractivity contribution in [1.82, 2.24) is 10.3 Å². The van der Waals surface area contributed by atoms with Crippen LogP contribution in [0.15, 0.2) is 137 Å². The number of amides is 3. The van der Waals surface area contributed by atoms with Crippen LogP contribution in [0, 0.1) is 5.82 Å². The number of hydrogen-bond donors (Lipinski definition) is 3. The van der Waals surface area contributed by atoms with Gasteiger partial charge in [-0.05, 0) is 65.7 Å². The SMILES string of the molecule is CCC(Sc1cccc(NC(=O)/C(=C/c2ccccc2F)NC(=O)c2ccccc2)c1)C(=O)Nc1nc(-c2ccc3ccccc3c2)cs1. The van der Waals surface area contributed by atoms with E-state index in [0.717, 1.165) is 26.9 Å². The number of halogens is 1. The molecule has 5 aromatic carbocycles. The third-order valence-electron chi connectivity index (χ3n) is 7.55. The van der Waals surface area contributed by atoms with Gasteiger partial charge in [-0.1, -0.05) is 85.8 Å². The fourth-order valence-corrected chi connectivity index (χ4v) is 6.76. The average molecular weight is 687 g/mol. The predicted molar refractivity (Wildman–Crippen MR) is 197 cm³/mol. The van der Waals surface area contributed by atoms with Crippen molar-refractivity contribution < 1.29 is 18.8 Å². The minimum Gasteiger partial charge on any atom is -0.321 e. The number of nitrogens with one attached hydrogen (secondary N) is 3. The summed E-state index contributed by atoms with van der Waals surface area (Å²) in [6.45, 7) is 1.93. The Morgan fingerprint density at radius 3 is 2.39 bits per heavy atom. The lowest BCUT2D eigenvalue weighted by Gasteiger charge is -2.15. The van der Waals surface area contributed by atoms with Gasteiger partial charge in [0.15, 0.2) is 5.13 Å². The maximum atomic E-state index is 14.5. The molecule has 3 N–H and O–H groups in total. The molecule has 1 heterocycles. The highest BCUT2D eigenvalue weighted by molar-refractivity contribution is 8.00. The lowest BCUT2D eigenvalue weighted by molar-refractivity contribution is -0.116. The Morgan fingerprint density at radius 1 is 0.837 bits per heavy atom. The first kappa shape index (κ1) is 33.3. The molecule has 7 nitrogen and oxygen atoms in total. The lowest BCUT2D eigenvalue weighted by Crippen LogP contribution is -2.30. The van der Waals surface area contributed by atoms with Crippen LogP contribution in [0.1, 0.15) is 29.3 Å². The van der Waals surface area contributed by atoms with E-state index >= 15 is 0 Å². The van der Waals surface area contributed by atoms with E-state index in [2.05, 4.69) is 45.2 Å². The first-order valence-electron chi connectivity index (χ1n) is 15.5. The fraction of sp³-hybridized carbons (Fsp3) is 0.0769. The van der Waals surface area contributed by atoms with E-state index in [-0.39, 0.29) is 17.2 Å². The van der Waals surface area contributed by atoms with Crippen LogP contribution in [-0.2, 0) is 9.59 Å². The predicted octanol–water partition coefficient (Wildman–Crippen LogP) is 9.02. The number of aromatic nitrogens is 1. The molecule has 0 aliphatic heterocycles. The van der Waals surface area contributed by atoms with Crippen molar-refractivity contribution >= 4 is 68.5 Å². The standard InChI is InChI=1S/C39H31FN4O3S2/c1-2-35(38(47)44-39-43-34(24-48-39)29-20-19-25-11-6-7-14-27(25)21-29)49-31-17-10-16-30(23-31)41-37(46)33(22-28-15-8-9-18-32(28)40)42-36(45)26-12-4-3-5-13-26/h3-24,35H,2H2,1H3,(H,41,46)(H,42,45)(H,43,44,47)/b33-22-. The third-order valence-corrected chi connectivity index (χ3v) is 9.66. The van der Waals surface area contributed by atoms with Crippen molar-refractivity contribution in [2.24, 2.45) is 0 Å². The maximum absolute atomic E-state index is 14.5. The second kappa shape index (κ2) is 15.5. The summed E-state index contributed by atoms with van der Waals surface area (Å²) < 4.78 is 14.5. The van der Waals surface area contributed by atoms with Gasteiger partial charge in [-0.25, -0.2) is 9.37 Å². The molecule has 0 fully saturated rings. The smallest absolute Gasteiger partial charge is 0.272 e. The van der Waals surface area contributed by atoms with E-state index in [1.807, 2.05) is 36.6 Å². The molecule has 10 heteroatoms. The average Bonchev–Trinajstić information content (AvgIpc) is 3.59. The molecule has 49 heavy (non-hydrogen) atoms. The summed E-state index contributed by atoms with van der Waals surface area (Å²) in [7, 11) is 0. The van der Waals surface area contributed by atoms with E-state index in [9.17, 15) is 18.8 Å². The van der Waals surface area contributed by atoms with Crippen molar-refractivity contribution in [2.45, 2.75) is 23.5 Å². The Balaban J connectivity index is 1.13. The number of benzene rings is 5. The van der Waals surface area contributed by atoms with E-state index < -0.39 is 22.9 Å². The summed E-state index contributed by atoms with van der Waals surface area (Å²) in [4.78, 5) is 45.2. The molecule has 1 unspecified atom stereocenters. The van der Waals surface area contributed by atoms with Crippen LogP contribution < -0.4 is 16.0 Å². The number of nitrogens with zero attached hydrogens (tertiary/aromatic N) is 1. The summed E-state index contributed by atoms with van der Waals surface area (Å²) in [5, 5.41) is 12.7. The molecule has 244 valence electrons. The molecule has 0 radical (unpaired) electrons. The van der Waals surface area contributed by atoms with Crippen molar-refractivity contribution in [1.29, 1.82) is 0 Å². The third kappa shape index (κ3) is 8.48. The summed E-state index contributed by atoms with van der Waals surface area (Å²) >= 11 is 2.73. The van der Waals surface area contributed by atoms with Crippen LogP contribution >= 0.6 is 23.1 Å². The van der Waals surface area contributed by atoms with Gasteiger partial charge in [-0.3, -0.25) is 14.4 Å². The number of carbonyl (C=O) groups is 3. The zero-order valence-electron chi connectivity index (χ0n) is 26.4. The molecular weight excluding hydrogens is 656 g/mol. The Labute approximate surface area is 291 Å². The van der Waals surface area contributed by atoms with Gasteiger partial charge in [0, 0.05) is 32.7 Å². The van der Waals surface area contributed by atoms with Gasteiger partial charge < -0.3 is 16.0 Å². The molecule has 1 aromatic heterocycles. The highest BCUT2D eigenvalue weighted by atomic mass is 32.2. The summed E-state index contributed by atoms with van der Waals surface area (Å²) in [6, 6.07) is 35.8. The van der Waals surface area contributed by atoms with Gasteiger partial charge in [-0.15, -0.1) is 23.1 Å². The molecule has 6 rings (SSSR count). The molecule has 1 atom stereocenters. The second-order valence-corrected chi connectivity index (χ2v) is 13.1. The van der Waals surface area contributed by atoms with Crippen molar-refractivity contribution in [2.75, 3.05) is 10.6 Å². The first-order valence-corrected chi connectivity index (χ1v) is 17.3. The molecule has 0 bridgehead atoms. The van der Waals surface area contributed by atoms with Gasteiger partial charge in [0.2, 0.25) is 5.91 Å². The number of anilines is 2. The Kier molecular flexibility index (Phi) is 10.6. The Hall–Kier alpha value is -5.58. The van der Waals surface area contributed by atoms with Crippen LogP contribution in [0.25, 0.3) is 28.1 Å². The van der Waals surface area contributed by atoms with Gasteiger partial charge >= 0.3 is 0 Å². The second-order valence-electron chi connectivity index (χ2n) is 11.0. The summed E-state index contributed by atoms with van der Waals surface area (Å²) in [5.74, 6) is -1.86. The topological polar surface area (TPSA) is 100 Å². The number of carbonyl (C=O) groups excluding carboxylic acids is 3. The van der Waals surface area contributed by atoms with Crippen LogP contribution in [-0.4, -0.2) is 28.0 Å². The summed E-state index contributed by atoms with van der Waals surface area (Å²) in [5.41, 5.74) is 2.57. The highest BCUT2D eigenvalue weighted by Crippen LogP contribution is 2.31. The van der Waals surface area contributed by atoms with Crippen molar-refractivity contribution in [3.63, 3.8) is 0 Å². The van der Waals surface area contributed by atoms with E-state index in [1.165, 1.54) is 41.3 Å². The zero-order valence-corrected chi connectivity index (χ0v) is 28.0. The Bertz CT molecular complexity index is 2170. The van der Waals surface area contributed by atoms with Crippen LogP contribution in [0.3, 0.4) is 0 Å². The van der Waals surface area contributed by atoms with E-state index in [1.54, 1.807) is 60.7 Å². The number of rotatable bonds is 11. The van der Waals surface area contributed by atoms with Gasteiger partial charge in [-0.2, -0.15) is 0 Å². The lowest BCUT2D eigenvalue weighted by atomic mass is 10.1. The molecule has 6 aromatic rings. The molecular formula is C39H31FN4O3S2. The Morgan fingerprint density at radius 2 is 1.59 bits per heavy atom. The van der Waals surface area contributed by atoms with Crippen molar-refractivity contribution in [3.8, 4) is 11.3 Å². The number of thioether (sulfide) groups is 1. The van der Waals surface area contributed by atoms with Crippen LogP contribution in [0.2, 0.25) is 0 Å². The van der Waals surface area contributed by atoms with Crippen LogP contribution in [0.5, 0.6) is 0 Å². The summed E-state index contributed by atoms with van der Waals surface area (Å²) in [6.07, 6.45) is 1.85. The first-order chi connectivity index (χ1) is 23.9. The van der Waals surface area contributed by atoms with Crippen LogP contribution in [0.4, 0.5) is 15.2 Å².